The van der Waals surface area contributed by atoms with Gasteiger partial charge in [0, 0.05) is 11.8 Å². The molecule has 4 fully saturated rings. The van der Waals surface area contributed by atoms with Gasteiger partial charge in [0.2, 0.25) is 0 Å². The van der Waals surface area contributed by atoms with Crippen LogP contribution >= 0.6 is 0 Å². The van der Waals surface area contributed by atoms with Gasteiger partial charge >= 0.3 is 0 Å². The van der Waals surface area contributed by atoms with Gasteiger partial charge < -0.3 is 0 Å². The maximum Gasteiger partial charge on any atom is 0.139 e. The second-order valence-electron chi connectivity index (χ2n) is 7.53. The molecule has 0 aromatic carbocycles. The molecule has 16 heavy (non-hydrogen) atoms. The van der Waals surface area contributed by atoms with Crippen molar-refractivity contribution in [2.45, 2.75) is 53.4 Å². The fourth-order valence-corrected chi connectivity index (χ4v) is 4.92. The van der Waals surface area contributed by atoms with E-state index in [9.17, 15) is 4.79 Å². The van der Waals surface area contributed by atoms with E-state index in [1.165, 1.54) is 25.7 Å². The maximum absolute atomic E-state index is 12.4. The number of carbonyl (C=O) groups is 1. The molecule has 0 heterocycles. The fourth-order valence-electron chi connectivity index (χ4n) is 4.92. The highest BCUT2D eigenvalue weighted by atomic mass is 16.1. The molecule has 90 valence electrons. The summed E-state index contributed by atoms with van der Waals surface area (Å²) < 4.78 is 0. The molecule has 0 aliphatic heterocycles. The number of rotatable bonds is 0. The Kier molecular flexibility index (Phi) is 1.97. The van der Waals surface area contributed by atoms with E-state index in [1.807, 2.05) is 0 Å². The zero-order chi connectivity index (χ0) is 11.7. The number of Topliss-reactive ketones (excluding diaryl/α,β-unsaturated/α-hetero) is 1. The Labute approximate surface area is 99.0 Å². The molecule has 0 aromatic rings. The molecule has 4 saturated carbocycles. The Morgan fingerprint density at radius 3 is 2.44 bits per heavy atom. The Morgan fingerprint density at radius 2 is 1.81 bits per heavy atom. The molecule has 4 rings (SSSR count). The van der Waals surface area contributed by atoms with Crippen LogP contribution in [0.3, 0.4) is 0 Å². The minimum Gasteiger partial charge on any atom is -0.299 e. The van der Waals surface area contributed by atoms with Crippen molar-refractivity contribution in [1.82, 2.24) is 0 Å². The molecule has 0 N–H and O–H groups in total. The van der Waals surface area contributed by atoms with Crippen LogP contribution in [0.4, 0.5) is 0 Å². The number of ketones is 1. The molecule has 0 spiro atoms. The third-order valence-electron chi connectivity index (χ3n) is 6.21. The van der Waals surface area contributed by atoms with E-state index in [2.05, 4.69) is 27.7 Å². The minimum atomic E-state index is 0.308. The molecule has 0 aromatic heterocycles. The summed E-state index contributed by atoms with van der Waals surface area (Å²) in [6.07, 6.45) is 5.19. The van der Waals surface area contributed by atoms with Gasteiger partial charge in [0.25, 0.3) is 0 Å². The van der Waals surface area contributed by atoms with Gasteiger partial charge in [0.15, 0.2) is 0 Å². The second-order valence-corrected chi connectivity index (χ2v) is 7.53. The summed E-state index contributed by atoms with van der Waals surface area (Å²) in [5.74, 6) is 2.78. The first-order valence-corrected chi connectivity index (χ1v) is 6.90. The standard InChI is InChI=1S/C15H24O/c1-9-11-6-5-10(7-14(11,2)3)15(4)8-12(15)13(9)16/h9-12H,5-8H2,1-4H3. The first kappa shape index (κ1) is 10.8. The van der Waals surface area contributed by atoms with Crippen molar-refractivity contribution >= 4 is 5.78 Å². The van der Waals surface area contributed by atoms with Crippen LogP contribution in [0.15, 0.2) is 0 Å². The predicted molar refractivity (Wildman–Crippen MR) is 65.0 cm³/mol. The van der Waals surface area contributed by atoms with Crippen molar-refractivity contribution in [2.75, 3.05) is 0 Å². The lowest BCUT2D eigenvalue weighted by Gasteiger charge is -2.49. The first-order valence-electron chi connectivity index (χ1n) is 6.90. The summed E-state index contributed by atoms with van der Waals surface area (Å²) in [6.45, 7) is 9.34. The van der Waals surface area contributed by atoms with Gasteiger partial charge in [-0.2, -0.15) is 0 Å². The topological polar surface area (TPSA) is 17.1 Å². The Bertz CT molecular complexity index is 343. The summed E-state index contributed by atoms with van der Waals surface area (Å²) in [7, 11) is 0. The van der Waals surface area contributed by atoms with Crippen LogP contribution in [0.1, 0.15) is 53.4 Å². The monoisotopic (exact) mass is 220 g/mol. The average Bonchev–Trinajstić information content (AvgIpc) is 2.87. The molecule has 4 aliphatic rings. The molecule has 4 aliphatic carbocycles. The van der Waals surface area contributed by atoms with Crippen LogP contribution in [0.2, 0.25) is 0 Å². The SMILES string of the molecule is CC1C(=O)C2CC2(C)C2CCC1C(C)(C)C2. The van der Waals surface area contributed by atoms with Crippen LogP contribution in [0, 0.1) is 34.5 Å². The lowest BCUT2D eigenvalue weighted by molar-refractivity contribution is -0.132. The summed E-state index contributed by atoms with van der Waals surface area (Å²) in [6, 6.07) is 0. The number of hydrogen-bond donors (Lipinski definition) is 0. The Morgan fingerprint density at radius 1 is 1.12 bits per heavy atom. The maximum atomic E-state index is 12.4. The van der Waals surface area contributed by atoms with Crippen molar-refractivity contribution in [3.63, 3.8) is 0 Å². The fraction of sp³-hybridized carbons (Fsp3) is 0.933. The molecule has 5 unspecified atom stereocenters. The molecule has 0 amide bonds. The zero-order valence-electron chi connectivity index (χ0n) is 11.0. The van der Waals surface area contributed by atoms with Crippen molar-refractivity contribution in [3.05, 3.63) is 0 Å². The molecular weight excluding hydrogens is 196 g/mol. The quantitative estimate of drug-likeness (QED) is 0.608. The van der Waals surface area contributed by atoms with Crippen molar-refractivity contribution in [3.8, 4) is 0 Å². The molecule has 5 atom stereocenters. The van der Waals surface area contributed by atoms with Gasteiger partial charge in [0.05, 0.1) is 0 Å². The van der Waals surface area contributed by atoms with Gasteiger partial charge in [-0.3, -0.25) is 4.79 Å². The van der Waals surface area contributed by atoms with E-state index < -0.39 is 0 Å². The minimum absolute atomic E-state index is 0.308. The van der Waals surface area contributed by atoms with E-state index in [1.54, 1.807) is 0 Å². The number of hydrogen-bond acceptors (Lipinski definition) is 1. The lowest BCUT2D eigenvalue weighted by atomic mass is 9.56. The lowest BCUT2D eigenvalue weighted by Crippen LogP contribution is -2.44. The number of fused-ring (bicyclic) bond motifs is 3. The number of carbonyl (C=O) groups excluding carboxylic acids is 1. The third-order valence-corrected chi connectivity index (χ3v) is 6.21. The van der Waals surface area contributed by atoms with E-state index >= 15 is 0 Å². The van der Waals surface area contributed by atoms with Crippen LogP contribution in [-0.4, -0.2) is 5.78 Å². The van der Waals surface area contributed by atoms with Crippen LogP contribution in [-0.2, 0) is 4.79 Å². The van der Waals surface area contributed by atoms with E-state index in [4.69, 9.17) is 0 Å². The van der Waals surface area contributed by atoms with Gasteiger partial charge in [-0.05, 0) is 48.3 Å². The summed E-state index contributed by atoms with van der Waals surface area (Å²) >= 11 is 0. The molecule has 1 nitrogen and oxygen atoms in total. The highest BCUT2D eigenvalue weighted by Gasteiger charge is 2.63. The highest BCUT2D eigenvalue weighted by molar-refractivity contribution is 5.87. The van der Waals surface area contributed by atoms with Crippen molar-refractivity contribution < 1.29 is 4.79 Å². The summed E-state index contributed by atoms with van der Waals surface area (Å²) in [5.41, 5.74) is 0.766. The van der Waals surface area contributed by atoms with Gasteiger partial charge in [0.1, 0.15) is 5.78 Å². The molecule has 0 radical (unpaired) electrons. The third kappa shape index (κ3) is 1.21. The van der Waals surface area contributed by atoms with Crippen LogP contribution in [0.25, 0.3) is 0 Å². The van der Waals surface area contributed by atoms with Gasteiger partial charge in [-0.25, -0.2) is 0 Å². The Hall–Kier alpha value is -0.330. The summed E-state index contributed by atoms with van der Waals surface area (Å²) in [4.78, 5) is 12.4. The molecule has 2 bridgehead atoms. The molecule has 1 heteroatoms. The second kappa shape index (κ2) is 2.91. The first-order chi connectivity index (χ1) is 7.36. The molecule has 0 saturated heterocycles. The van der Waals surface area contributed by atoms with Gasteiger partial charge in [-0.1, -0.05) is 27.7 Å². The van der Waals surface area contributed by atoms with E-state index in [-0.39, 0.29) is 0 Å². The smallest absolute Gasteiger partial charge is 0.139 e. The van der Waals surface area contributed by atoms with Crippen LogP contribution in [0.5, 0.6) is 0 Å². The normalized spacial score (nSPS) is 54.1. The highest BCUT2D eigenvalue weighted by Crippen LogP contribution is 2.67. The van der Waals surface area contributed by atoms with Gasteiger partial charge in [-0.15, -0.1) is 0 Å². The summed E-state index contributed by atoms with van der Waals surface area (Å²) in [5, 5.41) is 0. The predicted octanol–water partition coefficient (Wildman–Crippen LogP) is 3.67. The zero-order valence-corrected chi connectivity index (χ0v) is 11.0. The van der Waals surface area contributed by atoms with Crippen LogP contribution < -0.4 is 0 Å². The molecular formula is C15H24O. The Balaban J connectivity index is 2.01. The largest absolute Gasteiger partial charge is 0.299 e. The van der Waals surface area contributed by atoms with E-state index in [0.29, 0.717) is 34.4 Å². The van der Waals surface area contributed by atoms with Crippen molar-refractivity contribution in [2.24, 2.45) is 34.5 Å². The average molecular weight is 220 g/mol. The van der Waals surface area contributed by atoms with E-state index in [0.717, 1.165) is 5.92 Å². The van der Waals surface area contributed by atoms with Crippen molar-refractivity contribution in [1.29, 1.82) is 0 Å².